The van der Waals surface area contributed by atoms with Crippen molar-refractivity contribution in [3.8, 4) is 5.75 Å². The molecule has 3 rings (SSSR count). The monoisotopic (exact) mass is 396 g/mol. The number of rotatable bonds is 7. The Balaban J connectivity index is 1.63. The van der Waals surface area contributed by atoms with Crippen molar-refractivity contribution in [2.45, 2.75) is 37.1 Å². The second kappa shape index (κ2) is 7.85. The smallest absolute Gasteiger partial charge is 0.307 e. The number of nitrogens with one attached hydrogen (secondary N) is 1. The third kappa shape index (κ3) is 4.98. The van der Waals surface area contributed by atoms with Gasteiger partial charge in [0.25, 0.3) is 5.91 Å². The normalized spacial score (nSPS) is 23.6. The maximum absolute atomic E-state index is 12.8. The summed E-state index contributed by atoms with van der Waals surface area (Å²) >= 11 is 0. The van der Waals surface area contributed by atoms with Gasteiger partial charge in [-0.25, -0.2) is 8.42 Å². The van der Waals surface area contributed by atoms with Crippen molar-refractivity contribution in [1.29, 1.82) is 0 Å². The van der Waals surface area contributed by atoms with Crippen LogP contribution in [0.15, 0.2) is 29.2 Å². The molecule has 1 aromatic carbocycles. The van der Waals surface area contributed by atoms with Gasteiger partial charge in [-0.1, -0.05) is 6.92 Å². The van der Waals surface area contributed by atoms with Crippen LogP contribution in [0.2, 0.25) is 0 Å². The minimum Gasteiger partial charge on any atom is -0.484 e. The predicted molar refractivity (Wildman–Crippen MR) is 96.8 cm³/mol. The fourth-order valence-electron chi connectivity index (χ4n) is 3.18. The van der Waals surface area contributed by atoms with Crippen molar-refractivity contribution in [3.05, 3.63) is 24.3 Å². The van der Waals surface area contributed by atoms with Gasteiger partial charge in [-0.2, -0.15) is 4.31 Å². The standard InChI is InChI=1S/C18H24N2O6S/c1-12-8-13(18(22)23)10-20(9-12)27(24,25)16-6-4-15(5-7-16)26-11-17(21)19-14-2-3-14/h4-7,12-14H,2-3,8-11H2,1H3,(H,19,21)(H,22,23). The molecule has 1 aliphatic carbocycles. The number of sulfonamides is 1. The third-order valence-corrected chi connectivity index (χ3v) is 6.60. The Morgan fingerprint density at radius 3 is 2.48 bits per heavy atom. The first-order chi connectivity index (χ1) is 12.8. The maximum atomic E-state index is 12.8. The zero-order chi connectivity index (χ0) is 19.6. The summed E-state index contributed by atoms with van der Waals surface area (Å²) in [5, 5.41) is 12.0. The average molecular weight is 396 g/mol. The number of carbonyl (C=O) groups excluding carboxylic acids is 1. The summed E-state index contributed by atoms with van der Waals surface area (Å²) < 4.78 is 32.3. The Kier molecular flexibility index (Phi) is 5.71. The van der Waals surface area contributed by atoms with E-state index in [1.165, 1.54) is 28.6 Å². The first-order valence-corrected chi connectivity index (χ1v) is 10.4. The molecule has 1 aliphatic heterocycles. The topological polar surface area (TPSA) is 113 Å². The van der Waals surface area contributed by atoms with E-state index in [1.54, 1.807) is 0 Å². The van der Waals surface area contributed by atoms with Crippen molar-refractivity contribution in [3.63, 3.8) is 0 Å². The SMILES string of the molecule is CC1CC(C(=O)O)CN(S(=O)(=O)c2ccc(OCC(=O)NC3CC3)cc2)C1. The Hall–Kier alpha value is -2.13. The molecular weight excluding hydrogens is 372 g/mol. The number of amides is 1. The molecular formula is C18H24N2O6S. The van der Waals surface area contributed by atoms with E-state index in [0.29, 0.717) is 18.7 Å². The van der Waals surface area contributed by atoms with Crippen LogP contribution in [0.4, 0.5) is 0 Å². The van der Waals surface area contributed by atoms with E-state index in [4.69, 9.17) is 4.74 Å². The number of benzene rings is 1. The number of nitrogens with zero attached hydrogens (tertiary/aromatic N) is 1. The van der Waals surface area contributed by atoms with Crippen molar-refractivity contribution >= 4 is 21.9 Å². The number of hydrogen-bond acceptors (Lipinski definition) is 5. The highest BCUT2D eigenvalue weighted by Gasteiger charge is 2.36. The number of carboxylic acid groups (broad SMARTS) is 1. The van der Waals surface area contributed by atoms with Gasteiger partial charge in [0.05, 0.1) is 10.8 Å². The number of hydrogen-bond donors (Lipinski definition) is 2. The minimum atomic E-state index is -3.78. The summed E-state index contributed by atoms with van der Waals surface area (Å²) in [5.41, 5.74) is 0. The van der Waals surface area contributed by atoms with Gasteiger partial charge >= 0.3 is 5.97 Å². The van der Waals surface area contributed by atoms with E-state index in [9.17, 15) is 23.1 Å². The van der Waals surface area contributed by atoms with Crippen LogP contribution in [-0.4, -0.2) is 55.4 Å². The molecule has 9 heteroatoms. The van der Waals surface area contributed by atoms with Crippen LogP contribution in [0.5, 0.6) is 5.75 Å². The number of carboxylic acids is 1. The van der Waals surface area contributed by atoms with Crippen LogP contribution in [0.3, 0.4) is 0 Å². The number of ether oxygens (including phenoxy) is 1. The lowest BCUT2D eigenvalue weighted by Crippen LogP contribution is -2.45. The molecule has 1 saturated carbocycles. The molecule has 2 N–H and O–H groups in total. The fourth-order valence-corrected chi connectivity index (χ4v) is 4.79. The molecule has 2 atom stereocenters. The quantitative estimate of drug-likeness (QED) is 0.713. The highest BCUT2D eigenvalue weighted by Crippen LogP contribution is 2.28. The van der Waals surface area contributed by atoms with Crippen molar-refractivity contribution in [1.82, 2.24) is 9.62 Å². The summed E-state index contributed by atoms with van der Waals surface area (Å²) in [4.78, 5) is 23.0. The van der Waals surface area contributed by atoms with Gasteiger partial charge in [-0.05, 0) is 49.4 Å². The van der Waals surface area contributed by atoms with Crippen molar-refractivity contribution < 1.29 is 27.9 Å². The molecule has 1 saturated heterocycles. The number of carbonyl (C=O) groups is 2. The van der Waals surface area contributed by atoms with E-state index < -0.39 is 21.9 Å². The van der Waals surface area contributed by atoms with Gasteiger partial charge in [-0.3, -0.25) is 9.59 Å². The first kappa shape index (κ1) is 19.6. The van der Waals surface area contributed by atoms with Crippen LogP contribution in [0, 0.1) is 11.8 Å². The lowest BCUT2D eigenvalue weighted by atomic mass is 9.92. The van der Waals surface area contributed by atoms with Gasteiger partial charge in [0.15, 0.2) is 6.61 Å². The lowest BCUT2D eigenvalue weighted by molar-refractivity contribution is -0.143. The largest absolute Gasteiger partial charge is 0.484 e. The zero-order valence-corrected chi connectivity index (χ0v) is 15.9. The number of aliphatic carboxylic acids is 1. The molecule has 0 radical (unpaired) electrons. The first-order valence-electron chi connectivity index (χ1n) is 9.01. The molecule has 2 unspecified atom stereocenters. The van der Waals surface area contributed by atoms with E-state index >= 15 is 0 Å². The molecule has 27 heavy (non-hydrogen) atoms. The predicted octanol–water partition coefficient (Wildman–Crippen LogP) is 1.08. The summed E-state index contributed by atoms with van der Waals surface area (Å²) in [6, 6.07) is 6.09. The average Bonchev–Trinajstić information content (AvgIpc) is 3.43. The van der Waals surface area contributed by atoms with E-state index in [1.807, 2.05) is 6.92 Å². The van der Waals surface area contributed by atoms with Gasteiger partial charge < -0.3 is 15.2 Å². The molecule has 148 valence electrons. The number of piperidine rings is 1. The fraction of sp³-hybridized carbons (Fsp3) is 0.556. The molecule has 1 aromatic rings. The second-order valence-corrected chi connectivity index (χ2v) is 9.24. The Bertz CT molecular complexity index is 804. The van der Waals surface area contributed by atoms with Crippen LogP contribution in [-0.2, 0) is 19.6 Å². The van der Waals surface area contributed by atoms with Crippen LogP contribution < -0.4 is 10.1 Å². The zero-order valence-electron chi connectivity index (χ0n) is 15.1. The van der Waals surface area contributed by atoms with Crippen LogP contribution in [0.1, 0.15) is 26.2 Å². The molecule has 0 bridgehead atoms. The third-order valence-electron chi connectivity index (χ3n) is 4.75. The van der Waals surface area contributed by atoms with Crippen molar-refractivity contribution in [2.75, 3.05) is 19.7 Å². The molecule has 1 amide bonds. The Morgan fingerprint density at radius 1 is 1.22 bits per heavy atom. The van der Waals surface area contributed by atoms with Gasteiger partial charge in [0.1, 0.15) is 5.75 Å². The highest BCUT2D eigenvalue weighted by molar-refractivity contribution is 7.89. The molecule has 2 aliphatic rings. The van der Waals surface area contributed by atoms with Gasteiger partial charge in [0, 0.05) is 19.1 Å². The maximum Gasteiger partial charge on any atom is 0.307 e. The Morgan fingerprint density at radius 2 is 1.89 bits per heavy atom. The van der Waals surface area contributed by atoms with Crippen LogP contribution >= 0.6 is 0 Å². The van der Waals surface area contributed by atoms with E-state index in [2.05, 4.69) is 5.32 Å². The lowest BCUT2D eigenvalue weighted by Gasteiger charge is -2.33. The minimum absolute atomic E-state index is 0.0257. The van der Waals surface area contributed by atoms with E-state index in [-0.39, 0.29) is 35.9 Å². The van der Waals surface area contributed by atoms with Crippen molar-refractivity contribution in [2.24, 2.45) is 11.8 Å². The Labute approximate surface area is 158 Å². The summed E-state index contributed by atoms with van der Waals surface area (Å²) in [6.07, 6.45) is 2.46. The summed E-state index contributed by atoms with van der Waals surface area (Å²) in [7, 11) is -3.78. The van der Waals surface area contributed by atoms with E-state index in [0.717, 1.165) is 12.8 Å². The second-order valence-electron chi connectivity index (χ2n) is 7.30. The van der Waals surface area contributed by atoms with Gasteiger partial charge in [-0.15, -0.1) is 0 Å². The molecule has 1 heterocycles. The molecule has 0 spiro atoms. The molecule has 8 nitrogen and oxygen atoms in total. The molecule has 2 fully saturated rings. The van der Waals surface area contributed by atoms with Crippen LogP contribution in [0.25, 0.3) is 0 Å². The summed E-state index contributed by atoms with van der Waals surface area (Å²) in [6.45, 7) is 2.00. The van der Waals surface area contributed by atoms with Gasteiger partial charge in [0.2, 0.25) is 10.0 Å². The molecule has 0 aromatic heterocycles. The highest BCUT2D eigenvalue weighted by atomic mass is 32.2. The summed E-state index contributed by atoms with van der Waals surface area (Å²) in [5.74, 6) is -1.50.